The van der Waals surface area contributed by atoms with Gasteiger partial charge >= 0.3 is 0 Å². The number of fused-ring (bicyclic) bond motifs is 3. The molecule has 0 aliphatic heterocycles. The first kappa shape index (κ1) is 10.2. The first-order valence-corrected chi connectivity index (χ1v) is 5.92. The van der Waals surface area contributed by atoms with E-state index >= 15 is 0 Å². The van der Waals surface area contributed by atoms with E-state index < -0.39 is 0 Å². The monoisotopic (exact) mass is 272 g/mol. The van der Waals surface area contributed by atoms with Crippen LogP contribution in [0.2, 0.25) is 10.2 Å². The molecule has 0 amide bonds. The Balaban J connectivity index is 2.61. The average Bonchev–Trinajstić information content (AvgIpc) is 2.59. The van der Waals surface area contributed by atoms with Crippen molar-refractivity contribution < 1.29 is 4.39 Å². The minimum atomic E-state index is -0.360. The van der Waals surface area contributed by atoms with Crippen LogP contribution in [0, 0.1) is 5.82 Å². The predicted molar refractivity (Wildman–Crippen MR) is 64.9 cm³/mol. The first-order valence-electron chi connectivity index (χ1n) is 4.34. The molecule has 0 saturated carbocycles. The van der Waals surface area contributed by atoms with Crippen LogP contribution in [0.25, 0.3) is 20.3 Å². The molecule has 0 aliphatic carbocycles. The molecule has 3 aromatic rings. The molecule has 0 unspecified atom stereocenters. The van der Waals surface area contributed by atoms with Gasteiger partial charge in [-0.05, 0) is 12.1 Å². The highest BCUT2D eigenvalue weighted by atomic mass is 35.5. The molecule has 6 heteroatoms. The van der Waals surface area contributed by atoms with E-state index in [-0.39, 0.29) is 5.82 Å². The Labute approximate surface area is 104 Å². The van der Waals surface area contributed by atoms with E-state index in [0.29, 0.717) is 30.5 Å². The second-order valence-corrected chi connectivity index (χ2v) is 5.02. The standard InChI is InChI=1S/C10H3Cl2FN2S/c11-4-1-5-7-9(10(12)15-3-14-7)16-8(5)6(13)2-4/h1-3H. The van der Waals surface area contributed by atoms with E-state index in [0.717, 1.165) is 0 Å². The van der Waals surface area contributed by atoms with Crippen molar-refractivity contribution in [3.63, 3.8) is 0 Å². The third-order valence-corrected chi connectivity index (χ3v) is 4.05. The van der Waals surface area contributed by atoms with Gasteiger partial charge in [0.25, 0.3) is 0 Å². The minimum Gasteiger partial charge on any atom is -0.235 e. The highest BCUT2D eigenvalue weighted by Gasteiger charge is 2.13. The fourth-order valence-corrected chi connectivity index (χ4v) is 3.05. The number of aromatic nitrogens is 2. The van der Waals surface area contributed by atoms with E-state index in [1.807, 2.05) is 0 Å². The van der Waals surface area contributed by atoms with E-state index in [2.05, 4.69) is 9.97 Å². The summed E-state index contributed by atoms with van der Waals surface area (Å²) in [7, 11) is 0. The molecule has 80 valence electrons. The number of halogens is 3. The Morgan fingerprint density at radius 1 is 1.12 bits per heavy atom. The molecule has 0 atom stereocenters. The van der Waals surface area contributed by atoms with Gasteiger partial charge in [-0.3, -0.25) is 0 Å². The molecular weight excluding hydrogens is 270 g/mol. The molecule has 0 saturated heterocycles. The van der Waals surface area contributed by atoms with E-state index in [9.17, 15) is 4.39 Å². The summed E-state index contributed by atoms with van der Waals surface area (Å²) >= 11 is 13.0. The zero-order valence-corrected chi connectivity index (χ0v) is 10.00. The molecule has 0 spiro atoms. The Kier molecular flexibility index (Phi) is 2.24. The van der Waals surface area contributed by atoms with Crippen LogP contribution >= 0.6 is 34.5 Å². The summed E-state index contributed by atoms with van der Waals surface area (Å²) < 4.78 is 14.8. The van der Waals surface area contributed by atoms with E-state index in [4.69, 9.17) is 23.2 Å². The summed E-state index contributed by atoms with van der Waals surface area (Å²) in [4.78, 5) is 7.97. The first-order chi connectivity index (χ1) is 7.66. The van der Waals surface area contributed by atoms with Crippen LogP contribution in [0.5, 0.6) is 0 Å². The largest absolute Gasteiger partial charge is 0.235 e. The van der Waals surface area contributed by atoms with Gasteiger partial charge in [0, 0.05) is 10.4 Å². The summed E-state index contributed by atoms with van der Waals surface area (Å²) in [5.74, 6) is -0.360. The van der Waals surface area contributed by atoms with Crippen molar-refractivity contribution in [2.45, 2.75) is 0 Å². The fourth-order valence-electron chi connectivity index (χ4n) is 1.58. The summed E-state index contributed by atoms with van der Waals surface area (Å²) in [6, 6.07) is 2.96. The molecule has 2 nitrogen and oxygen atoms in total. The summed E-state index contributed by atoms with van der Waals surface area (Å²) in [6.07, 6.45) is 1.36. The maximum Gasteiger partial charge on any atom is 0.150 e. The summed E-state index contributed by atoms with van der Waals surface area (Å²) in [6.45, 7) is 0. The molecule has 0 aliphatic rings. The topological polar surface area (TPSA) is 25.8 Å². The molecule has 3 rings (SSSR count). The Bertz CT molecular complexity index is 711. The highest BCUT2D eigenvalue weighted by Crippen LogP contribution is 2.38. The van der Waals surface area contributed by atoms with Gasteiger partial charge in [0.2, 0.25) is 0 Å². The van der Waals surface area contributed by atoms with Gasteiger partial charge in [-0.15, -0.1) is 11.3 Å². The second-order valence-electron chi connectivity index (χ2n) is 3.21. The molecule has 0 bridgehead atoms. The normalized spacial score (nSPS) is 11.4. The third kappa shape index (κ3) is 1.38. The van der Waals surface area contributed by atoms with Crippen molar-refractivity contribution in [3.8, 4) is 0 Å². The molecular formula is C10H3Cl2FN2S. The zero-order valence-electron chi connectivity index (χ0n) is 7.67. The van der Waals surface area contributed by atoms with Gasteiger partial charge in [0.05, 0.1) is 14.9 Å². The smallest absolute Gasteiger partial charge is 0.150 e. The maximum atomic E-state index is 13.7. The lowest BCUT2D eigenvalue weighted by Gasteiger charge is -1.94. The highest BCUT2D eigenvalue weighted by molar-refractivity contribution is 7.26. The van der Waals surface area contributed by atoms with Crippen LogP contribution in [0.1, 0.15) is 0 Å². The number of rotatable bonds is 0. The third-order valence-electron chi connectivity index (χ3n) is 2.23. The van der Waals surface area contributed by atoms with Crippen LogP contribution < -0.4 is 0 Å². The van der Waals surface area contributed by atoms with Gasteiger partial charge in [-0.25, -0.2) is 14.4 Å². The number of hydrogen-bond acceptors (Lipinski definition) is 3. The second kappa shape index (κ2) is 3.52. The SMILES string of the molecule is Fc1cc(Cl)cc2c1sc1c(Cl)ncnc12. The number of benzene rings is 1. The van der Waals surface area contributed by atoms with Crippen molar-refractivity contribution in [2.24, 2.45) is 0 Å². The van der Waals surface area contributed by atoms with E-state index in [1.165, 1.54) is 23.7 Å². The van der Waals surface area contributed by atoms with Crippen molar-refractivity contribution in [3.05, 3.63) is 34.5 Å². The zero-order chi connectivity index (χ0) is 11.3. The fraction of sp³-hybridized carbons (Fsp3) is 0. The number of hydrogen-bond donors (Lipinski definition) is 0. The van der Waals surface area contributed by atoms with Crippen LogP contribution in [-0.2, 0) is 0 Å². The molecule has 0 N–H and O–H groups in total. The molecule has 16 heavy (non-hydrogen) atoms. The van der Waals surface area contributed by atoms with Crippen LogP contribution in [-0.4, -0.2) is 9.97 Å². The van der Waals surface area contributed by atoms with Crippen LogP contribution in [0.15, 0.2) is 18.5 Å². The van der Waals surface area contributed by atoms with Gasteiger partial charge in [-0.1, -0.05) is 23.2 Å². The lowest BCUT2D eigenvalue weighted by atomic mass is 10.2. The van der Waals surface area contributed by atoms with Gasteiger partial charge < -0.3 is 0 Å². The molecule has 0 fully saturated rings. The van der Waals surface area contributed by atoms with Crippen molar-refractivity contribution in [1.29, 1.82) is 0 Å². The minimum absolute atomic E-state index is 0.335. The Hall–Kier alpha value is -0.970. The van der Waals surface area contributed by atoms with Crippen molar-refractivity contribution in [2.75, 3.05) is 0 Å². The Morgan fingerprint density at radius 3 is 2.75 bits per heavy atom. The van der Waals surface area contributed by atoms with Gasteiger partial charge in [0.15, 0.2) is 0 Å². The lowest BCUT2D eigenvalue weighted by Crippen LogP contribution is -1.79. The molecule has 0 radical (unpaired) electrons. The van der Waals surface area contributed by atoms with E-state index in [1.54, 1.807) is 6.07 Å². The maximum absolute atomic E-state index is 13.7. The number of thiophene rings is 1. The molecule has 2 heterocycles. The lowest BCUT2D eigenvalue weighted by molar-refractivity contribution is 0.642. The summed E-state index contributed by atoms with van der Waals surface area (Å²) in [5, 5.41) is 1.36. The Morgan fingerprint density at radius 2 is 1.94 bits per heavy atom. The number of nitrogens with zero attached hydrogens (tertiary/aromatic N) is 2. The quantitative estimate of drug-likeness (QED) is 0.571. The average molecular weight is 273 g/mol. The molecule has 1 aromatic carbocycles. The summed E-state index contributed by atoms with van der Waals surface area (Å²) in [5.41, 5.74) is 0.640. The van der Waals surface area contributed by atoms with Crippen molar-refractivity contribution in [1.82, 2.24) is 9.97 Å². The predicted octanol–water partition coefficient (Wildman–Crippen LogP) is 4.29. The molecule has 2 aromatic heterocycles. The van der Waals surface area contributed by atoms with Gasteiger partial charge in [-0.2, -0.15) is 0 Å². The van der Waals surface area contributed by atoms with Crippen molar-refractivity contribution >= 4 is 54.8 Å². The van der Waals surface area contributed by atoms with Crippen LogP contribution in [0.4, 0.5) is 4.39 Å². The van der Waals surface area contributed by atoms with Crippen LogP contribution in [0.3, 0.4) is 0 Å². The van der Waals surface area contributed by atoms with Gasteiger partial charge in [0.1, 0.15) is 17.3 Å².